The molecular weight excluding hydrogens is 305 g/mol. The van der Waals surface area contributed by atoms with E-state index >= 15 is 0 Å². The van der Waals surface area contributed by atoms with Gasteiger partial charge in [-0.05, 0) is 36.2 Å². The third-order valence-corrected chi connectivity index (χ3v) is 3.94. The molecule has 0 aliphatic rings. The first-order valence-corrected chi connectivity index (χ1v) is 8.06. The van der Waals surface area contributed by atoms with E-state index in [1.165, 1.54) is 19.1 Å². The highest BCUT2D eigenvalue weighted by Gasteiger charge is 2.11. The van der Waals surface area contributed by atoms with Gasteiger partial charge in [-0.2, -0.15) is 0 Å². The van der Waals surface area contributed by atoms with E-state index in [2.05, 4.69) is 9.88 Å². The number of hydrogen-bond donors (Lipinski definition) is 1. The summed E-state index contributed by atoms with van der Waals surface area (Å²) in [7, 11) is 0. The summed E-state index contributed by atoms with van der Waals surface area (Å²) in [6.07, 6.45) is 1.60. The average molecular weight is 325 g/mol. The van der Waals surface area contributed by atoms with E-state index < -0.39 is 0 Å². The van der Waals surface area contributed by atoms with Crippen molar-refractivity contribution in [2.45, 2.75) is 26.3 Å². The van der Waals surface area contributed by atoms with Crippen molar-refractivity contribution in [1.82, 2.24) is 14.9 Å². The Bertz CT molecular complexity index is 839. The number of rotatable bonds is 6. The van der Waals surface area contributed by atoms with Crippen LogP contribution in [0.25, 0.3) is 11.0 Å². The Morgan fingerprint density at radius 3 is 2.67 bits per heavy atom. The van der Waals surface area contributed by atoms with Crippen molar-refractivity contribution in [2.24, 2.45) is 0 Å². The number of carbonyl (C=O) groups excluding carboxylic acids is 1. The zero-order chi connectivity index (χ0) is 16.9. The Balaban J connectivity index is 1.84. The van der Waals surface area contributed by atoms with Crippen molar-refractivity contribution >= 4 is 16.9 Å². The molecule has 0 bridgehead atoms. The fourth-order valence-corrected chi connectivity index (χ4v) is 2.78. The predicted molar refractivity (Wildman–Crippen MR) is 92.2 cm³/mol. The number of nitrogens with zero attached hydrogens (tertiary/aromatic N) is 2. The molecule has 2 aromatic carbocycles. The van der Waals surface area contributed by atoms with E-state index in [1.807, 2.05) is 24.3 Å². The number of hydrogen-bond acceptors (Lipinski definition) is 2. The Morgan fingerprint density at radius 1 is 1.17 bits per heavy atom. The number of benzene rings is 2. The molecule has 0 saturated carbocycles. The van der Waals surface area contributed by atoms with Gasteiger partial charge in [-0.15, -0.1) is 0 Å². The minimum absolute atomic E-state index is 0.0187. The van der Waals surface area contributed by atoms with Crippen molar-refractivity contribution in [3.8, 4) is 0 Å². The summed E-state index contributed by atoms with van der Waals surface area (Å²) in [4.78, 5) is 15.7. The summed E-state index contributed by atoms with van der Waals surface area (Å²) in [6.45, 7) is 2.80. The lowest BCUT2D eigenvalue weighted by Crippen LogP contribution is -2.21. The highest BCUT2D eigenvalue weighted by molar-refractivity contribution is 5.76. The standard InChI is InChI=1S/C19H20FN3O/c1-14(24)21-12-4-7-19-22-17-5-2-3-6-18(17)23(19)13-15-8-10-16(20)11-9-15/h2-3,5-6,8-11H,4,7,12-13H2,1H3,(H,21,24). The molecule has 0 fully saturated rings. The van der Waals surface area contributed by atoms with Gasteiger partial charge in [0.25, 0.3) is 0 Å². The number of para-hydroxylation sites is 2. The Hall–Kier alpha value is -2.69. The van der Waals surface area contributed by atoms with E-state index in [0.717, 1.165) is 35.3 Å². The maximum Gasteiger partial charge on any atom is 0.216 e. The number of aromatic nitrogens is 2. The maximum atomic E-state index is 13.1. The van der Waals surface area contributed by atoms with Gasteiger partial charge in [-0.3, -0.25) is 4.79 Å². The van der Waals surface area contributed by atoms with Crippen LogP contribution < -0.4 is 5.32 Å². The molecule has 4 nitrogen and oxygen atoms in total. The van der Waals surface area contributed by atoms with E-state index in [-0.39, 0.29) is 11.7 Å². The van der Waals surface area contributed by atoms with Gasteiger partial charge in [0.15, 0.2) is 0 Å². The minimum Gasteiger partial charge on any atom is -0.356 e. The lowest BCUT2D eigenvalue weighted by molar-refractivity contribution is -0.118. The van der Waals surface area contributed by atoms with Crippen LogP contribution in [0.5, 0.6) is 0 Å². The Morgan fingerprint density at radius 2 is 1.92 bits per heavy atom. The topological polar surface area (TPSA) is 46.9 Å². The summed E-state index contributed by atoms with van der Waals surface area (Å²) >= 11 is 0. The zero-order valence-corrected chi connectivity index (χ0v) is 13.6. The molecule has 0 radical (unpaired) electrons. The van der Waals surface area contributed by atoms with Crippen molar-refractivity contribution in [2.75, 3.05) is 6.54 Å². The first kappa shape index (κ1) is 16.2. The average Bonchev–Trinajstić information content (AvgIpc) is 2.91. The van der Waals surface area contributed by atoms with Crippen LogP contribution in [0.1, 0.15) is 24.7 Å². The van der Waals surface area contributed by atoms with Gasteiger partial charge in [0, 0.05) is 26.4 Å². The Labute approximate surface area is 140 Å². The van der Waals surface area contributed by atoms with E-state index in [1.54, 1.807) is 12.1 Å². The van der Waals surface area contributed by atoms with Gasteiger partial charge in [-0.25, -0.2) is 9.37 Å². The number of imidazole rings is 1. The molecule has 1 amide bonds. The molecule has 0 saturated heterocycles. The van der Waals surface area contributed by atoms with Crippen molar-refractivity contribution in [1.29, 1.82) is 0 Å². The lowest BCUT2D eigenvalue weighted by Gasteiger charge is -2.10. The second-order valence-electron chi connectivity index (χ2n) is 5.82. The number of nitrogens with one attached hydrogen (secondary N) is 1. The van der Waals surface area contributed by atoms with Crippen LogP contribution in [0.2, 0.25) is 0 Å². The predicted octanol–water partition coefficient (Wildman–Crippen LogP) is 3.29. The highest BCUT2D eigenvalue weighted by atomic mass is 19.1. The largest absolute Gasteiger partial charge is 0.356 e. The van der Waals surface area contributed by atoms with Crippen LogP contribution in [-0.2, 0) is 17.8 Å². The van der Waals surface area contributed by atoms with Gasteiger partial charge in [0.05, 0.1) is 11.0 Å². The van der Waals surface area contributed by atoms with Gasteiger partial charge < -0.3 is 9.88 Å². The molecular formula is C19H20FN3O. The van der Waals surface area contributed by atoms with Gasteiger partial charge in [-0.1, -0.05) is 24.3 Å². The number of carbonyl (C=O) groups is 1. The monoisotopic (exact) mass is 325 g/mol. The van der Waals surface area contributed by atoms with Crippen molar-refractivity contribution in [3.63, 3.8) is 0 Å². The molecule has 0 aliphatic carbocycles. The highest BCUT2D eigenvalue weighted by Crippen LogP contribution is 2.19. The van der Waals surface area contributed by atoms with Gasteiger partial charge in [0.2, 0.25) is 5.91 Å². The van der Waals surface area contributed by atoms with E-state index in [4.69, 9.17) is 4.98 Å². The molecule has 1 N–H and O–H groups in total. The molecule has 5 heteroatoms. The van der Waals surface area contributed by atoms with Gasteiger partial charge >= 0.3 is 0 Å². The van der Waals surface area contributed by atoms with Crippen LogP contribution in [-0.4, -0.2) is 22.0 Å². The summed E-state index contributed by atoms with van der Waals surface area (Å²) < 4.78 is 15.3. The molecule has 3 rings (SSSR count). The molecule has 0 atom stereocenters. The lowest BCUT2D eigenvalue weighted by atomic mass is 10.2. The first-order valence-electron chi connectivity index (χ1n) is 8.06. The molecule has 1 heterocycles. The fraction of sp³-hybridized carbons (Fsp3) is 0.263. The summed E-state index contributed by atoms with van der Waals surface area (Å²) in [5.74, 6) is 0.727. The van der Waals surface area contributed by atoms with Crippen LogP contribution >= 0.6 is 0 Å². The van der Waals surface area contributed by atoms with Crippen LogP contribution in [0.4, 0.5) is 4.39 Å². The SMILES string of the molecule is CC(=O)NCCCc1nc2ccccc2n1Cc1ccc(F)cc1. The van der Waals surface area contributed by atoms with Crippen molar-refractivity contribution < 1.29 is 9.18 Å². The molecule has 124 valence electrons. The van der Waals surface area contributed by atoms with Crippen LogP contribution in [0, 0.1) is 5.82 Å². The number of aryl methyl sites for hydroxylation is 1. The van der Waals surface area contributed by atoms with E-state index in [0.29, 0.717) is 13.1 Å². The molecule has 0 unspecified atom stereocenters. The molecule has 0 spiro atoms. The summed E-state index contributed by atoms with van der Waals surface area (Å²) in [5, 5.41) is 2.81. The number of amides is 1. The molecule has 1 aromatic heterocycles. The first-order chi connectivity index (χ1) is 11.6. The van der Waals surface area contributed by atoms with Gasteiger partial charge in [0.1, 0.15) is 11.6 Å². The summed E-state index contributed by atoms with van der Waals surface area (Å²) in [5.41, 5.74) is 3.05. The number of halogens is 1. The summed E-state index contributed by atoms with van der Waals surface area (Å²) in [6, 6.07) is 14.5. The third kappa shape index (κ3) is 3.79. The Kier molecular flexibility index (Phi) is 4.89. The van der Waals surface area contributed by atoms with Crippen LogP contribution in [0.3, 0.4) is 0 Å². The molecule has 3 aromatic rings. The third-order valence-electron chi connectivity index (χ3n) is 3.94. The smallest absolute Gasteiger partial charge is 0.216 e. The maximum absolute atomic E-state index is 13.1. The second kappa shape index (κ2) is 7.25. The minimum atomic E-state index is -0.232. The normalized spacial score (nSPS) is 10.9. The second-order valence-corrected chi connectivity index (χ2v) is 5.82. The van der Waals surface area contributed by atoms with E-state index in [9.17, 15) is 9.18 Å². The van der Waals surface area contributed by atoms with Crippen LogP contribution in [0.15, 0.2) is 48.5 Å². The zero-order valence-electron chi connectivity index (χ0n) is 13.6. The number of fused-ring (bicyclic) bond motifs is 1. The quantitative estimate of drug-likeness (QED) is 0.707. The van der Waals surface area contributed by atoms with Crippen molar-refractivity contribution in [3.05, 3.63) is 65.7 Å². The molecule has 0 aliphatic heterocycles. The fourth-order valence-electron chi connectivity index (χ4n) is 2.78. The molecule has 24 heavy (non-hydrogen) atoms.